The van der Waals surface area contributed by atoms with Crippen molar-refractivity contribution in [2.75, 3.05) is 20.2 Å². The number of methoxy groups -OCH3 is 1. The third-order valence-electron chi connectivity index (χ3n) is 4.74. The Bertz CT molecular complexity index is 434. The zero-order valence-corrected chi connectivity index (χ0v) is 13.2. The Labute approximate surface area is 133 Å². The van der Waals surface area contributed by atoms with Crippen LogP contribution >= 0.6 is 0 Å². The van der Waals surface area contributed by atoms with Gasteiger partial charge in [-0.2, -0.15) is 13.2 Å². The minimum atomic E-state index is -4.14. The first kappa shape index (κ1) is 18.0. The van der Waals surface area contributed by atoms with Crippen molar-refractivity contribution in [3.8, 4) is 0 Å². The van der Waals surface area contributed by atoms with Crippen molar-refractivity contribution >= 4 is 11.9 Å². The monoisotopic (exact) mass is 336 g/mol. The molecule has 2 aliphatic rings. The van der Waals surface area contributed by atoms with Crippen molar-refractivity contribution in [2.45, 2.75) is 56.8 Å². The fraction of sp³-hybridized carbons (Fsp3) is 0.867. The third kappa shape index (κ3) is 4.83. The van der Waals surface area contributed by atoms with Crippen molar-refractivity contribution in [3.05, 3.63) is 0 Å². The number of nitrogens with zero attached hydrogens (tertiary/aromatic N) is 1. The highest BCUT2D eigenvalue weighted by molar-refractivity contribution is 5.81. The van der Waals surface area contributed by atoms with Crippen molar-refractivity contribution in [1.29, 1.82) is 0 Å². The molecule has 0 aromatic carbocycles. The van der Waals surface area contributed by atoms with Crippen LogP contribution in [0.5, 0.6) is 0 Å². The lowest BCUT2D eigenvalue weighted by Gasteiger charge is -2.31. The second-order valence-corrected chi connectivity index (χ2v) is 6.31. The van der Waals surface area contributed by atoms with E-state index in [0.717, 1.165) is 6.42 Å². The molecule has 1 N–H and O–H groups in total. The first-order chi connectivity index (χ1) is 10.8. The molecule has 0 spiro atoms. The molecule has 1 atom stereocenters. The number of hydrogen-bond donors (Lipinski definition) is 1. The number of halogens is 3. The Kier molecular flexibility index (Phi) is 5.89. The van der Waals surface area contributed by atoms with Gasteiger partial charge in [-0.15, -0.1) is 0 Å². The van der Waals surface area contributed by atoms with E-state index in [2.05, 4.69) is 5.32 Å². The maximum absolute atomic E-state index is 12.6. The molecular formula is C15H23F3N2O3. The maximum Gasteiger partial charge on any atom is 0.391 e. The summed E-state index contributed by atoms with van der Waals surface area (Å²) >= 11 is 0. The standard InChI is InChI=1S/C15H23F3N2O3/c1-23-14(22)12-3-2-8-20(12)9-13(21)19-11-6-4-10(5-7-11)15(16,17)18/h10-12H,2-9H2,1H3,(H,19,21)/t10?,11?,12-/m0/s1. The van der Waals surface area contributed by atoms with Crippen LogP contribution in [0.15, 0.2) is 0 Å². The summed E-state index contributed by atoms with van der Waals surface area (Å²) in [6, 6.07) is -0.605. The summed E-state index contributed by atoms with van der Waals surface area (Å²) < 4.78 is 42.6. The topological polar surface area (TPSA) is 58.6 Å². The Morgan fingerprint density at radius 1 is 1.17 bits per heavy atom. The molecule has 2 fully saturated rings. The molecule has 23 heavy (non-hydrogen) atoms. The van der Waals surface area contributed by atoms with Crippen molar-refractivity contribution in [3.63, 3.8) is 0 Å². The van der Waals surface area contributed by atoms with E-state index in [1.807, 2.05) is 0 Å². The molecule has 1 saturated heterocycles. The van der Waals surface area contributed by atoms with Crippen LogP contribution in [0.3, 0.4) is 0 Å². The average molecular weight is 336 g/mol. The Morgan fingerprint density at radius 3 is 2.39 bits per heavy atom. The van der Waals surface area contributed by atoms with Crippen LogP contribution in [0.25, 0.3) is 0 Å². The number of ether oxygens (including phenoxy) is 1. The normalized spacial score (nSPS) is 29.3. The third-order valence-corrected chi connectivity index (χ3v) is 4.74. The van der Waals surface area contributed by atoms with Crippen LogP contribution in [0.2, 0.25) is 0 Å². The van der Waals surface area contributed by atoms with Crippen LogP contribution in [0, 0.1) is 5.92 Å². The second-order valence-electron chi connectivity index (χ2n) is 6.31. The molecule has 132 valence electrons. The average Bonchev–Trinajstić information content (AvgIpc) is 2.94. The number of carbonyl (C=O) groups excluding carboxylic acids is 2. The van der Waals surface area contributed by atoms with Crippen LogP contribution in [-0.2, 0) is 14.3 Å². The SMILES string of the molecule is COC(=O)[C@@H]1CCCN1CC(=O)NC1CCC(C(F)(F)F)CC1. The van der Waals surface area contributed by atoms with Crippen molar-refractivity contribution < 1.29 is 27.5 Å². The largest absolute Gasteiger partial charge is 0.468 e. The molecule has 2 rings (SSSR count). The van der Waals surface area contributed by atoms with Crippen molar-refractivity contribution in [1.82, 2.24) is 10.2 Å². The summed E-state index contributed by atoms with van der Waals surface area (Å²) in [5.41, 5.74) is 0. The molecule has 1 heterocycles. The molecule has 1 aliphatic carbocycles. The highest BCUT2D eigenvalue weighted by Crippen LogP contribution is 2.37. The van der Waals surface area contributed by atoms with Gasteiger partial charge in [0.1, 0.15) is 6.04 Å². The predicted octanol–water partition coefficient (Wildman–Crippen LogP) is 1.86. The number of likely N-dealkylation sites (tertiary alicyclic amines) is 1. The maximum atomic E-state index is 12.6. The van der Waals surface area contributed by atoms with Gasteiger partial charge in [-0.25, -0.2) is 0 Å². The van der Waals surface area contributed by atoms with E-state index in [-0.39, 0.29) is 37.3 Å². The van der Waals surface area contributed by atoms with Gasteiger partial charge in [0.25, 0.3) is 0 Å². The molecule has 8 heteroatoms. The van der Waals surface area contributed by atoms with E-state index in [4.69, 9.17) is 4.74 Å². The van der Waals surface area contributed by atoms with E-state index < -0.39 is 18.1 Å². The van der Waals surface area contributed by atoms with Gasteiger partial charge >= 0.3 is 12.1 Å². The number of hydrogen-bond acceptors (Lipinski definition) is 4. The zero-order chi connectivity index (χ0) is 17.0. The summed E-state index contributed by atoms with van der Waals surface area (Å²) in [6.07, 6.45) is -1.85. The molecular weight excluding hydrogens is 313 g/mol. The van der Waals surface area contributed by atoms with Gasteiger partial charge in [0.05, 0.1) is 19.6 Å². The zero-order valence-electron chi connectivity index (χ0n) is 13.2. The molecule has 1 amide bonds. The highest BCUT2D eigenvalue weighted by Gasteiger charge is 2.41. The molecule has 1 saturated carbocycles. The lowest BCUT2D eigenvalue weighted by molar-refractivity contribution is -0.182. The summed E-state index contributed by atoms with van der Waals surface area (Å²) in [5, 5.41) is 2.80. The van der Waals surface area contributed by atoms with Gasteiger partial charge in [-0.05, 0) is 45.1 Å². The van der Waals surface area contributed by atoms with E-state index >= 15 is 0 Å². The minimum Gasteiger partial charge on any atom is -0.468 e. The summed E-state index contributed by atoms with van der Waals surface area (Å²) in [5.74, 6) is -1.84. The molecule has 0 radical (unpaired) electrons. The van der Waals surface area contributed by atoms with Gasteiger partial charge in [0.2, 0.25) is 5.91 Å². The molecule has 1 aliphatic heterocycles. The van der Waals surface area contributed by atoms with E-state index in [0.29, 0.717) is 25.8 Å². The van der Waals surface area contributed by atoms with E-state index in [1.165, 1.54) is 7.11 Å². The molecule has 0 aromatic heterocycles. The van der Waals surface area contributed by atoms with Crippen LogP contribution < -0.4 is 5.32 Å². The number of amides is 1. The minimum absolute atomic E-state index is 0.0585. The Balaban J connectivity index is 1.76. The summed E-state index contributed by atoms with van der Waals surface area (Å²) in [4.78, 5) is 25.5. The van der Waals surface area contributed by atoms with Crippen LogP contribution in [-0.4, -0.2) is 55.2 Å². The van der Waals surface area contributed by atoms with Gasteiger partial charge in [0.15, 0.2) is 0 Å². The number of rotatable bonds is 4. The second kappa shape index (κ2) is 7.51. The Hall–Kier alpha value is -1.31. The first-order valence-electron chi connectivity index (χ1n) is 7.99. The molecule has 5 nitrogen and oxygen atoms in total. The van der Waals surface area contributed by atoms with Gasteiger partial charge in [0, 0.05) is 6.04 Å². The molecule has 0 bridgehead atoms. The van der Waals surface area contributed by atoms with E-state index in [1.54, 1.807) is 4.90 Å². The number of carbonyl (C=O) groups is 2. The van der Waals surface area contributed by atoms with Crippen molar-refractivity contribution in [2.24, 2.45) is 5.92 Å². The fourth-order valence-corrected chi connectivity index (χ4v) is 3.44. The predicted molar refractivity (Wildman–Crippen MR) is 76.6 cm³/mol. The quantitative estimate of drug-likeness (QED) is 0.796. The first-order valence-corrected chi connectivity index (χ1v) is 7.99. The van der Waals surface area contributed by atoms with E-state index in [9.17, 15) is 22.8 Å². The molecule has 0 unspecified atom stereocenters. The smallest absolute Gasteiger partial charge is 0.391 e. The summed E-state index contributed by atoms with van der Waals surface area (Å²) in [7, 11) is 1.32. The summed E-state index contributed by atoms with van der Waals surface area (Å²) in [6.45, 7) is 0.729. The number of nitrogens with one attached hydrogen (secondary N) is 1. The van der Waals surface area contributed by atoms with Gasteiger partial charge in [-0.3, -0.25) is 14.5 Å². The number of esters is 1. The highest BCUT2D eigenvalue weighted by atomic mass is 19.4. The lowest BCUT2D eigenvalue weighted by Crippen LogP contribution is -2.47. The fourth-order valence-electron chi connectivity index (χ4n) is 3.44. The Morgan fingerprint density at radius 2 is 1.83 bits per heavy atom. The van der Waals surface area contributed by atoms with Gasteiger partial charge < -0.3 is 10.1 Å². The number of alkyl halides is 3. The molecule has 0 aromatic rings. The lowest BCUT2D eigenvalue weighted by atomic mass is 9.85. The van der Waals surface area contributed by atoms with Crippen LogP contribution in [0.1, 0.15) is 38.5 Å². The van der Waals surface area contributed by atoms with Crippen LogP contribution in [0.4, 0.5) is 13.2 Å². The van der Waals surface area contributed by atoms with Gasteiger partial charge in [-0.1, -0.05) is 0 Å².